The van der Waals surface area contributed by atoms with E-state index in [-0.39, 0.29) is 12.1 Å². The molecule has 0 fully saturated rings. The molecular weight excluding hydrogens is 400 g/mol. The van der Waals surface area contributed by atoms with Gasteiger partial charge in [0.2, 0.25) is 0 Å². The molecule has 6 heteroatoms. The number of hydrogen-bond donors (Lipinski definition) is 2. The summed E-state index contributed by atoms with van der Waals surface area (Å²) in [6.45, 7) is 4.28. The Balaban J connectivity index is 1.24. The molecule has 0 spiro atoms. The fraction of sp³-hybridized carbons (Fsp3) is 0.308. The zero-order chi connectivity index (χ0) is 22.3. The zero-order valence-corrected chi connectivity index (χ0v) is 18.7. The third kappa shape index (κ3) is 5.58. The molecule has 2 N–H and O–H groups in total. The first-order valence-corrected chi connectivity index (χ1v) is 11.0. The number of urea groups is 1. The van der Waals surface area contributed by atoms with Gasteiger partial charge in [-0.25, -0.2) is 9.78 Å². The van der Waals surface area contributed by atoms with Crippen molar-refractivity contribution in [3.63, 3.8) is 0 Å². The third-order valence-corrected chi connectivity index (χ3v) is 5.77. The molecule has 0 bridgehead atoms. The van der Waals surface area contributed by atoms with Crippen molar-refractivity contribution in [2.45, 2.75) is 38.9 Å². The number of ether oxygens (including phenoxy) is 1. The number of methoxy groups -OCH3 is 1. The average molecular weight is 431 g/mol. The average Bonchev–Trinajstić information content (AvgIpc) is 2.83. The molecule has 166 valence electrons. The quantitative estimate of drug-likeness (QED) is 0.593. The van der Waals surface area contributed by atoms with Gasteiger partial charge < -0.3 is 20.3 Å². The van der Waals surface area contributed by atoms with E-state index >= 15 is 0 Å². The molecule has 2 aromatic carbocycles. The van der Waals surface area contributed by atoms with Crippen LogP contribution in [0.4, 0.5) is 10.6 Å². The van der Waals surface area contributed by atoms with E-state index in [2.05, 4.69) is 44.8 Å². The van der Waals surface area contributed by atoms with Gasteiger partial charge in [0, 0.05) is 31.9 Å². The summed E-state index contributed by atoms with van der Waals surface area (Å²) in [6.07, 6.45) is 3.62. The monoisotopic (exact) mass is 430 g/mol. The molecule has 3 aromatic rings. The van der Waals surface area contributed by atoms with Gasteiger partial charge in [0.1, 0.15) is 11.6 Å². The van der Waals surface area contributed by atoms with E-state index in [1.54, 1.807) is 7.11 Å². The van der Waals surface area contributed by atoms with E-state index in [0.29, 0.717) is 6.54 Å². The highest BCUT2D eigenvalue weighted by atomic mass is 16.5. The number of amides is 2. The molecule has 0 radical (unpaired) electrons. The summed E-state index contributed by atoms with van der Waals surface area (Å²) >= 11 is 0. The Kier molecular flexibility index (Phi) is 6.90. The van der Waals surface area contributed by atoms with Crippen LogP contribution >= 0.6 is 0 Å². The number of benzene rings is 2. The second kappa shape index (κ2) is 10.2. The van der Waals surface area contributed by atoms with Crippen LogP contribution in [0.2, 0.25) is 0 Å². The van der Waals surface area contributed by atoms with Crippen molar-refractivity contribution in [3.8, 4) is 5.75 Å². The number of anilines is 1. The summed E-state index contributed by atoms with van der Waals surface area (Å²) in [5, 5.41) is 5.91. The van der Waals surface area contributed by atoms with Gasteiger partial charge in [0.15, 0.2) is 0 Å². The molecule has 32 heavy (non-hydrogen) atoms. The Morgan fingerprint density at radius 1 is 1.09 bits per heavy atom. The van der Waals surface area contributed by atoms with Gasteiger partial charge in [-0.1, -0.05) is 42.5 Å². The van der Waals surface area contributed by atoms with Gasteiger partial charge in [-0.2, -0.15) is 0 Å². The molecule has 4 rings (SSSR count). The SMILES string of the molecule is COc1cccc(CC(C)NC(=O)NCc2ccc(N3CCc4ccccc4C3)nc2)c1. The van der Waals surface area contributed by atoms with Crippen LogP contribution in [-0.2, 0) is 25.9 Å². The first-order valence-electron chi connectivity index (χ1n) is 11.0. The maximum atomic E-state index is 12.3. The summed E-state index contributed by atoms with van der Waals surface area (Å²) in [6, 6.07) is 20.4. The Hall–Kier alpha value is -3.54. The minimum absolute atomic E-state index is 0.00425. The Morgan fingerprint density at radius 2 is 1.94 bits per heavy atom. The number of carbonyl (C=O) groups is 1. The molecule has 1 aromatic heterocycles. The Labute approximate surface area is 189 Å². The first-order chi connectivity index (χ1) is 15.6. The van der Waals surface area contributed by atoms with Gasteiger partial charge in [-0.15, -0.1) is 0 Å². The number of nitrogens with zero attached hydrogens (tertiary/aromatic N) is 2. The number of hydrogen-bond acceptors (Lipinski definition) is 4. The van der Waals surface area contributed by atoms with Crippen molar-refractivity contribution >= 4 is 11.8 Å². The number of nitrogens with one attached hydrogen (secondary N) is 2. The topological polar surface area (TPSA) is 66.5 Å². The van der Waals surface area contributed by atoms with E-state index < -0.39 is 0 Å². The highest BCUT2D eigenvalue weighted by molar-refractivity contribution is 5.74. The van der Waals surface area contributed by atoms with E-state index in [1.165, 1.54) is 11.1 Å². The fourth-order valence-electron chi connectivity index (χ4n) is 4.06. The molecule has 0 aliphatic carbocycles. The molecule has 2 amide bonds. The highest BCUT2D eigenvalue weighted by Gasteiger charge is 2.17. The smallest absolute Gasteiger partial charge is 0.315 e. The standard InChI is InChI=1S/C26H30N4O2/c1-19(14-20-6-5-9-24(15-20)32-2)29-26(31)28-17-21-10-11-25(27-16-21)30-13-12-22-7-3-4-8-23(22)18-30/h3-11,15-16,19H,12-14,17-18H2,1-2H3,(H2,28,29,31). The van der Waals surface area contributed by atoms with Crippen molar-refractivity contribution < 1.29 is 9.53 Å². The molecular formula is C26H30N4O2. The lowest BCUT2D eigenvalue weighted by Gasteiger charge is -2.29. The van der Waals surface area contributed by atoms with Crippen LogP contribution in [0.25, 0.3) is 0 Å². The van der Waals surface area contributed by atoms with Crippen molar-refractivity contribution in [1.29, 1.82) is 0 Å². The highest BCUT2D eigenvalue weighted by Crippen LogP contribution is 2.23. The van der Waals surface area contributed by atoms with E-state index in [9.17, 15) is 4.79 Å². The second-order valence-corrected chi connectivity index (χ2v) is 8.25. The summed E-state index contributed by atoms with van der Waals surface area (Å²) in [7, 11) is 1.65. The Morgan fingerprint density at radius 3 is 2.72 bits per heavy atom. The number of rotatable bonds is 7. The second-order valence-electron chi connectivity index (χ2n) is 8.25. The first kappa shape index (κ1) is 21.7. The van der Waals surface area contributed by atoms with Crippen molar-refractivity contribution in [2.75, 3.05) is 18.6 Å². The van der Waals surface area contributed by atoms with Crippen LogP contribution in [0.5, 0.6) is 5.75 Å². The van der Waals surface area contributed by atoms with E-state index in [0.717, 1.165) is 48.6 Å². The minimum Gasteiger partial charge on any atom is -0.497 e. The number of carbonyl (C=O) groups excluding carboxylic acids is 1. The lowest BCUT2D eigenvalue weighted by Crippen LogP contribution is -2.41. The van der Waals surface area contributed by atoms with Crippen LogP contribution in [0.1, 0.15) is 29.2 Å². The van der Waals surface area contributed by atoms with E-state index in [1.807, 2.05) is 49.5 Å². The maximum absolute atomic E-state index is 12.3. The summed E-state index contributed by atoms with van der Waals surface area (Å²) in [4.78, 5) is 19.2. The minimum atomic E-state index is -0.183. The van der Waals surface area contributed by atoms with Crippen molar-refractivity contribution in [1.82, 2.24) is 15.6 Å². The largest absolute Gasteiger partial charge is 0.497 e. The molecule has 2 heterocycles. The molecule has 0 saturated carbocycles. The van der Waals surface area contributed by atoms with Crippen LogP contribution in [0, 0.1) is 0 Å². The lowest BCUT2D eigenvalue weighted by atomic mass is 10.00. The summed E-state index contributed by atoms with van der Waals surface area (Å²) in [5.41, 5.74) is 4.89. The molecule has 1 unspecified atom stereocenters. The molecule has 1 atom stereocenters. The summed E-state index contributed by atoms with van der Waals surface area (Å²) < 4.78 is 5.26. The van der Waals surface area contributed by atoms with Gasteiger partial charge in [-0.05, 0) is 60.2 Å². The maximum Gasteiger partial charge on any atom is 0.315 e. The predicted octanol–water partition coefficient (Wildman–Crippen LogP) is 4.08. The predicted molar refractivity (Wildman–Crippen MR) is 127 cm³/mol. The summed E-state index contributed by atoms with van der Waals surface area (Å²) in [5.74, 6) is 1.79. The van der Waals surface area contributed by atoms with Crippen LogP contribution < -0.4 is 20.3 Å². The van der Waals surface area contributed by atoms with Gasteiger partial charge in [0.05, 0.1) is 7.11 Å². The third-order valence-electron chi connectivity index (χ3n) is 5.77. The van der Waals surface area contributed by atoms with Crippen molar-refractivity contribution in [3.05, 3.63) is 89.1 Å². The lowest BCUT2D eigenvalue weighted by molar-refractivity contribution is 0.237. The molecule has 1 aliphatic heterocycles. The molecule has 1 aliphatic rings. The van der Waals surface area contributed by atoms with Gasteiger partial charge >= 0.3 is 6.03 Å². The van der Waals surface area contributed by atoms with Crippen LogP contribution in [-0.4, -0.2) is 30.7 Å². The fourth-order valence-corrected chi connectivity index (χ4v) is 4.06. The number of pyridine rings is 1. The molecule has 6 nitrogen and oxygen atoms in total. The number of fused-ring (bicyclic) bond motifs is 1. The molecule has 0 saturated heterocycles. The van der Waals surface area contributed by atoms with Crippen LogP contribution in [0.15, 0.2) is 66.9 Å². The normalized spacial score (nSPS) is 13.8. The van der Waals surface area contributed by atoms with Gasteiger partial charge in [-0.3, -0.25) is 0 Å². The Bertz CT molecular complexity index is 1050. The van der Waals surface area contributed by atoms with Gasteiger partial charge in [0.25, 0.3) is 0 Å². The van der Waals surface area contributed by atoms with E-state index in [4.69, 9.17) is 4.74 Å². The number of aromatic nitrogens is 1. The van der Waals surface area contributed by atoms with Crippen molar-refractivity contribution in [2.24, 2.45) is 0 Å². The van der Waals surface area contributed by atoms with Crippen LogP contribution in [0.3, 0.4) is 0 Å². The zero-order valence-electron chi connectivity index (χ0n) is 18.7.